The van der Waals surface area contributed by atoms with Gasteiger partial charge in [-0.05, 0) is 5.92 Å². The van der Waals surface area contributed by atoms with Crippen LogP contribution in [-0.4, -0.2) is 21.6 Å². The molecule has 1 N–H and O–H groups in total. The molecule has 1 atom stereocenters. The Hall–Kier alpha value is -0.480. The Balaban J connectivity index is 2.50. The molecule has 0 bridgehead atoms. The molecule has 0 aliphatic rings. The lowest BCUT2D eigenvalue weighted by atomic mass is 10.3. The standard InChI is InChI=1S/C8H11ClN2OS/c1-6(4-9)5-13-8-10-3-2-7(12)11-8/h2-3,6H,4-5H2,1H3,(H,10,11,12). The van der Waals surface area contributed by atoms with Gasteiger partial charge in [0.15, 0.2) is 5.16 Å². The van der Waals surface area contributed by atoms with Crippen LogP contribution in [0, 0.1) is 5.92 Å². The average Bonchev–Trinajstić information content (AvgIpc) is 2.14. The maximum atomic E-state index is 10.9. The Labute approximate surface area is 85.9 Å². The van der Waals surface area contributed by atoms with E-state index in [2.05, 4.69) is 16.9 Å². The SMILES string of the molecule is CC(CCl)CSc1nccc(=O)[nH]1. The molecule has 0 saturated carbocycles. The Kier molecular flexibility index (Phi) is 4.32. The van der Waals surface area contributed by atoms with Gasteiger partial charge in [-0.2, -0.15) is 0 Å². The van der Waals surface area contributed by atoms with Crippen molar-refractivity contribution in [2.45, 2.75) is 12.1 Å². The highest BCUT2D eigenvalue weighted by Gasteiger charge is 2.02. The molecule has 0 fully saturated rings. The fourth-order valence-corrected chi connectivity index (χ4v) is 1.80. The molecule has 72 valence electrons. The predicted octanol–water partition coefficient (Wildman–Crippen LogP) is 1.74. The van der Waals surface area contributed by atoms with Crippen LogP contribution in [0.4, 0.5) is 0 Å². The molecule has 0 amide bonds. The second-order valence-corrected chi connectivity index (χ2v) is 4.13. The maximum absolute atomic E-state index is 10.9. The Morgan fingerprint density at radius 3 is 3.15 bits per heavy atom. The van der Waals surface area contributed by atoms with Crippen molar-refractivity contribution in [3.8, 4) is 0 Å². The van der Waals surface area contributed by atoms with Gasteiger partial charge in [0.1, 0.15) is 0 Å². The molecule has 5 heteroatoms. The highest BCUT2D eigenvalue weighted by molar-refractivity contribution is 7.99. The van der Waals surface area contributed by atoms with Gasteiger partial charge >= 0.3 is 0 Å². The van der Waals surface area contributed by atoms with Crippen LogP contribution in [0.15, 0.2) is 22.2 Å². The number of thioether (sulfide) groups is 1. The highest BCUT2D eigenvalue weighted by Crippen LogP contribution is 2.15. The molecule has 1 aromatic rings. The van der Waals surface area contributed by atoms with Gasteiger partial charge in [-0.15, -0.1) is 11.6 Å². The molecule has 1 heterocycles. The van der Waals surface area contributed by atoms with Crippen LogP contribution in [0.5, 0.6) is 0 Å². The molecule has 0 aliphatic carbocycles. The van der Waals surface area contributed by atoms with E-state index >= 15 is 0 Å². The average molecular weight is 219 g/mol. The first-order valence-electron chi connectivity index (χ1n) is 3.96. The first-order chi connectivity index (χ1) is 6.22. The first-order valence-corrected chi connectivity index (χ1v) is 5.48. The summed E-state index contributed by atoms with van der Waals surface area (Å²) in [4.78, 5) is 17.5. The summed E-state index contributed by atoms with van der Waals surface area (Å²) in [6.07, 6.45) is 1.51. The van der Waals surface area contributed by atoms with E-state index in [9.17, 15) is 4.79 Å². The van der Waals surface area contributed by atoms with Crippen molar-refractivity contribution in [3.05, 3.63) is 22.6 Å². The monoisotopic (exact) mass is 218 g/mol. The predicted molar refractivity (Wildman–Crippen MR) is 55.5 cm³/mol. The van der Waals surface area contributed by atoms with E-state index in [1.54, 1.807) is 0 Å². The van der Waals surface area contributed by atoms with Gasteiger partial charge in [0.05, 0.1) is 0 Å². The van der Waals surface area contributed by atoms with Gasteiger partial charge in [0.2, 0.25) is 0 Å². The van der Waals surface area contributed by atoms with Crippen molar-refractivity contribution in [1.82, 2.24) is 9.97 Å². The third-order valence-electron chi connectivity index (χ3n) is 1.42. The maximum Gasteiger partial charge on any atom is 0.251 e. The quantitative estimate of drug-likeness (QED) is 0.476. The van der Waals surface area contributed by atoms with E-state index in [1.807, 2.05) is 0 Å². The van der Waals surface area contributed by atoms with Crippen LogP contribution in [-0.2, 0) is 0 Å². The lowest BCUT2D eigenvalue weighted by molar-refractivity contribution is 0.756. The minimum Gasteiger partial charge on any atom is -0.301 e. The van der Waals surface area contributed by atoms with Gasteiger partial charge in [0, 0.05) is 23.9 Å². The van der Waals surface area contributed by atoms with Crippen molar-refractivity contribution >= 4 is 23.4 Å². The number of nitrogens with zero attached hydrogens (tertiary/aromatic N) is 1. The number of halogens is 1. The summed E-state index contributed by atoms with van der Waals surface area (Å²) in [5.41, 5.74) is -0.115. The number of hydrogen-bond donors (Lipinski definition) is 1. The normalized spacial score (nSPS) is 12.8. The van der Waals surface area contributed by atoms with E-state index in [-0.39, 0.29) is 5.56 Å². The van der Waals surface area contributed by atoms with Crippen molar-refractivity contribution in [3.63, 3.8) is 0 Å². The molecule has 0 saturated heterocycles. The van der Waals surface area contributed by atoms with Crippen LogP contribution in [0.25, 0.3) is 0 Å². The summed E-state index contributed by atoms with van der Waals surface area (Å²) in [5.74, 6) is 1.93. The molecule has 3 nitrogen and oxygen atoms in total. The molecular weight excluding hydrogens is 208 g/mol. The molecule has 0 aromatic carbocycles. The summed E-state index contributed by atoms with van der Waals surface area (Å²) in [6.45, 7) is 2.06. The minimum atomic E-state index is -0.115. The minimum absolute atomic E-state index is 0.115. The van der Waals surface area contributed by atoms with Crippen molar-refractivity contribution in [2.75, 3.05) is 11.6 Å². The van der Waals surface area contributed by atoms with Crippen molar-refractivity contribution < 1.29 is 0 Å². The number of nitrogens with one attached hydrogen (secondary N) is 1. The van der Waals surface area contributed by atoms with Gasteiger partial charge in [0.25, 0.3) is 5.56 Å². The number of rotatable bonds is 4. The summed E-state index contributed by atoms with van der Waals surface area (Å²) in [5, 5.41) is 0.657. The number of hydrogen-bond acceptors (Lipinski definition) is 3. The van der Waals surface area contributed by atoms with Gasteiger partial charge < -0.3 is 4.98 Å². The summed E-state index contributed by atoms with van der Waals surface area (Å²) in [7, 11) is 0. The molecule has 0 radical (unpaired) electrons. The van der Waals surface area contributed by atoms with Crippen LogP contribution in [0.2, 0.25) is 0 Å². The molecule has 1 rings (SSSR count). The van der Waals surface area contributed by atoms with Crippen LogP contribution < -0.4 is 5.56 Å². The highest BCUT2D eigenvalue weighted by atomic mass is 35.5. The number of alkyl halides is 1. The van der Waals surface area contributed by atoms with Gasteiger partial charge in [-0.3, -0.25) is 4.79 Å². The second-order valence-electron chi connectivity index (χ2n) is 2.81. The van der Waals surface area contributed by atoms with Crippen molar-refractivity contribution in [1.29, 1.82) is 0 Å². The van der Waals surface area contributed by atoms with E-state index in [1.165, 1.54) is 24.0 Å². The Morgan fingerprint density at radius 2 is 2.54 bits per heavy atom. The lowest BCUT2D eigenvalue weighted by Gasteiger charge is -2.04. The van der Waals surface area contributed by atoms with Crippen molar-refractivity contribution in [2.24, 2.45) is 5.92 Å². The Morgan fingerprint density at radius 1 is 1.77 bits per heavy atom. The largest absolute Gasteiger partial charge is 0.301 e. The smallest absolute Gasteiger partial charge is 0.251 e. The zero-order valence-corrected chi connectivity index (χ0v) is 8.86. The summed E-state index contributed by atoms with van der Waals surface area (Å²) >= 11 is 7.16. The van der Waals surface area contributed by atoms with E-state index in [0.717, 1.165) is 5.75 Å². The molecule has 1 unspecified atom stereocenters. The van der Waals surface area contributed by atoms with E-state index in [0.29, 0.717) is 17.0 Å². The summed E-state index contributed by atoms with van der Waals surface area (Å²) < 4.78 is 0. The molecule has 0 spiro atoms. The third-order valence-corrected chi connectivity index (χ3v) is 3.16. The van der Waals surface area contributed by atoms with E-state index in [4.69, 9.17) is 11.6 Å². The first kappa shape index (κ1) is 10.6. The molecule has 13 heavy (non-hydrogen) atoms. The number of H-pyrrole nitrogens is 1. The zero-order chi connectivity index (χ0) is 9.68. The fraction of sp³-hybridized carbons (Fsp3) is 0.500. The lowest BCUT2D eigenvalue weighted by Crippen LogP contribution is -2.07. The number of aromatic amines is 1. The molecule has 1 aromatic heterocycles. The van der Waals surface area contributed by atoms with Crippen LogP contribution in [0.3, 0.4) is 0 Å². The third kappa shape index (κ3) is 3.83. The molecule has 0 aliphatic heterocycles. The van der Waals surface area contributed by atoms with Gasteiger partial charge in [-0.25, -0.2) is 4.98 Å². The van der Waals surface area contributed by atoms with E-state index < -0.39 is 0 Å². The van der Waals surface area contributed by atoms with Gasteiger partial charge in [-0.1, -0.05) is 18.7 Å². The number of aromatic nitrogens is 2. The summed E-state index contributed by atoms with van der Waals surface area (Å²) in [6, 6.07) is 1.40. The zero-order valence-electron chi connectivity index (χ0n) is 7.29. The molecular formula is C8H11ClN2OS. The topological polar surface area (TPSA) is 45.8 Å². The second kappa shape index (κ2) is 5.29. The van der Waals surface area contributed by atoms with Crippen LogP contribution >= 0.6 is 23.4 Å². The fourth-order valence-electron chi connectivity index (χ4n) is 0.691. The Bertz CT molecular complexity index is 315. The van der Waals surface area contributed by atoms with Crippen LogP contribution in [0.1, 0.15) is 6.92 Å².